The molecule has 0 saturated carbocycles. The molecular weight excluding hydrogens is 200 g/mol. The first-order valence-electron chi connectivity index (χ1n) is 5.58. The van der Waals surface area contributed by atoms with E-state index in [0.717, 1.165) is 24.3 Å². The van der Waals surface area contributed by atoms with Crippen LogP contribution in [-0.2, 0) is 0 Å². The molecule has 0 bridgehead atoms. The molecule has 0 aromatic heterocycles. The molecular formula is C14H18O2. The zero-order chi connectivity index (χ0) is 11.8. The Morgan fingerprint density at radius 3 is 2.56 bits per heavy atom. The van der Waals surface area contributed by atoms with Crippen LogP contribution in [0.1, 0.15) is 25.8 Å². The van der Waals surface area contributed by atoms with Crippen LogP contribution in [0.5, 0.6) is 5.75 Å². The van der Waals surface area contributed by atoms with Gasteiger partial charge in [-0.2, -0.15) is 0 Å². The molecule has 1 N–H and O–H groups in total. The van der Waals surface area contributed by atoms with Crippen LogP contribution in [0.3, 0.4) is 0 Å². The lowest BCUT2D eigenvalue weighted by molar-refractivity contribution is 0.256. The van der Waals surface area contributed by atoms with Gasteiger partial charge in [0.25, 0.3) is 0 Å². The fourth-order valence-electron chi connectivity index (χ4n) is 1.13. The number of hydrogen-bond donors (Lipinski definition) is 1. The Balaban J connectivity index is 2.51. The highest BCUT2D eigenvalue weighted by Gasteiger charge is 1.99. The maximum atomic E-state index is 8.56. The molecule has 1 aromatic carbocycles. The van der Waals surface area contributed by atoms with Gasteiger partial charge in [-0.1, -0.05) is 32.1 Å². The van der Waals surface area contributed by atoms with Crippen molar-refractivity contribution in [3.05, 3.63) is 29.8 Å². The Morgan fingerprint density at radius 1 is 1.31 bits per heavy atom. The third-order valence-corrected chi connectivity index (χ3v) is 2.40. The second kappa shape index (κ2) is 6.92. The van der Waals surface area contributed by atoms with Crippen LogP contribution in [0.2, 0.25) is 0 Å². The number of hydrogen-bond acceptors (Lipinski definition) is 2. The molecule has 0 heterocycles. The van der Waals surface area contributed by atoms with Crippen molar-refractivity contribution in [3.8, 4) is 17.6 Å². The zero-order valence-corrected chi connectivity index (χ0v) is 9.86. The summed E-state index contributed by atoms with van der Waals surface area (Å²) in [4.78, 5) is 0. The van der Waals surface area contributed by atoms with Gasteiger partial charge in [0.2, 0.25) is 0 Å². The number of ether oxygens (including phenoxy) is 1. The summed E-state index contributed by atoms with van der Waals surface area (Å²) in [5.74, 6) is 6.90. The molecule has 1 atom stereocenters. The first kappa shape index (κ1) is 12.6. The molecule has 0 aliphatic rings. The molecule has 0 fully saturated rings. The van der Waals surface area contributed by atoms with E-state index in [1.165, 1.54) is 0 Å². The van der Waals surface area contributed by atoms with E-state index < -0.39 is 0 Å². The zero-order valence-electron chi connectivity index (χ0n) is 9.86. The smallest absolute Gasteiger partial charge is 0.119 e. The van der Waals surface area contributed by atoms with Gasteiger partial charge in [0.05, 0.1) is 6.61 Å². The standard InChI is InChI=1S/C14H18O2/c1-3-12(2)11-16-14-8-6-13(7-9-14)5-4-10-15/h6-9,12,15H,3,10-11H2,1-2H3. The van der Waals surface area contributed by atoms with Crippen molar-refractivity contribution in [1.82, 2.24) is 0 Å². The number of rotatable bonds is 4. The van der Waals surface area contributed by atoms with Gasteiger partial charge >= 0.3 is 0 Å². The molecule has 1 unspecified atom stereocenters. The van der Waals surface area contributed by atoms with E-state index in [1.54, 1.807) is 0 Å². The van der Waals surface area contributed by atoms with Gasteiger partial charge in [-0.05, 0) is 30.2 Å². The molecule has 0 amide bonds. The summed E-state index contributed by atoms with van der Waals surface area (Å²) in [6.07, 6.45) is 1.13. The van der Waals surface area contributed by atoms with Crippen molar-refractivity contribution in [2.45, 2.75) is 20.3 Å². The SMILES string of the molecule is CCC(C)COc1ccc(C#CCO)cc1. The lowest BCUT2D eigenvalue weighted by Gasteiger charge is -2.10. The minimum atomic E-state index is -0.105. The quantitative estimate of drug-likeness (QED) is 0.787. The van der Waals surface area contributed by atoms with E-state index in [9.17, 15) is 0 Å². The Kier molecular flexibility index (Phi) is 5.45. The Morgan fingerprint density at radius 2 is 2.00 bits per heavy atom. The van der Waals surface area contributed by atoms with Crippen molar-refractivity contribution in [3.63, 3.8) is 0 Å². The van der Waals surface area contributed by atoms with Crippen LogP contribution in [0.4, 0.5) is 0 Å². The van der Waals surface area contributed by atoms with Crippen molar-refractivity contribution in [1.29, 1.82) is 0 Å². The van der Waals surface area contributed by atoms with E-state index in [-0.39, 0.29) is 6.61 Å². The number of aliphatic hydroxyl groups excluding tert-OH is 1. The summed E-state index contributed by atoms with van der Waals surface area (Å²) in [6, 6.07) is 7.61. The van der Waals surface area contributed by atoms with Gasteiger partial charge in [0.1, 0.15) is 12.4 Å². The largest absolute Gasteiger partial charge is 0.493 e. The summed E-state index contributed by atoms with van der Waals surface area (Å²) in [6.45, 7) is 4.97. The third kappa shape index (κ3) is 4.37. The lowest BCUT2D eigenvalue weighted by Crippen LogP contribution is -2.06. The van der Waals surface area contributed by atoms with Crippen LogP contribution in [-0.4, -0.2) is 18.3 Å². The van der Waals surface area contributed by atoms with Gasteiger partial charge in [-0.3, -0.25) is 0 Å². The van der Waals surface area contributed by atoms with E-state index in [2.05, 4.69) is 25.7 Å². The Bertz CT molecular complexity index is 357. The Labute approximate surface area is 97.3 Å². The molecule has 0 spiro atoms. The van der Waals surface area contributed by atoms with Crippen LogP contribution >= 0.6 is 0 Å². The maximum Gasteiger partial charge on any atom is 0.119 e. The fourth-order valence-corrected chi connectivity index (χ4v) is 1.13. The second-order valence-corrected chi connectivity index (χ2v) is 3.81. The van der Waals surface area contributed by atoms with Crippen LogP contribution < -0.4 is 4.74 Å². The van der Waals surface area contributed by atoms with Gasteiger partial charge in [-0.25, -0.2) is 0 Å². The van der Waals surface area contributed by atoms with E-state index in [1.807, 2.05) is 24.3 Å². The maximum absolute atomic E-state index is 8.56. The van der Waals surface area contributed by atoms with Gasteiger partial charge < -0.3 is 9.84 Å². The minimum Gasteiger partial charge on any atom is -0.493 e. The molecule has 0 saturated heterocycles. The predicted octanol–water partition coefficient (Wildman–Crippen LogP) is 2.46. The lowest BCUT2D eigenvalue weighted by atomic mass is 10.1. The second-order valence-electron chi connectivity index (χ2n) is 3.81. The monoisotopic (exact) mass is 218 g/mol. The minimum absolute atomic E-state index is 0.105. The highest BCUT2D eigenvalue weighted by atomic mass is 16.5. The first-order valence-corrected chi connectivity index (χ1v) is 5.58. The number of aliphatic hydroxyl groups is 1. The van der Waals surface area contributed by atoms with E-state index in [4.69, 9.17) is 9.84 Å². The summed E-state index contributed by atoms with van der Waals surface area (Å²) in [5.41, 5.74) is 0.893. The summed E-state index contributed by atoms with van der Waals surface area (Å²) in [5, 5.41) is 8.56. The van der Waals surface area contributed by atoms with Crippen molar-refractivity contribution in [2.24, 2.45) is 5.92 Å². The van der Waals surface area contributed by atoms with Crippen LogP contribution in [0.15, 0.2) is 24.3 Å². The van der Waals surface area contributed by atoms with Crippen molar-refractivity contribution >= 4 is 0 Å². The van der Waals surface area contributed by atoms with Gasteiger partial charge in [-0.15, -0.1) is 0 Å². The average Bonchev–Trinajstić information content (AvgIpc) is 2.34. The molecule has 16 heavy (non-hydrogen) atoms. The summed E-state index contributed by atoms with van der Waals surface area (Å²) >= 11 is 0. The Hall–Kier alpha value is -1.46. The topological polar surface area (TPSA) is 29.5 Å². The molecule has 0 aliphatic heterocycles. The molecule has 2 heteroatoms. The third-order valence-electron chi connectivity index (χ3n) is 2.40. The average molecular weight is 218 g/mol. The summed E-state index contributed by atoms with van der Waals surface area (Å²) in [7, 11) is 0. The predicted molar refractivity (Wildman–Crippen MR) is 65.4 cm³/mol. The highest BCUT2D eigenvalue weighted by molar-refractivity contribution is 5.38. The summed E-state index contributed by atoms with van der Waals surface area (Å²) < 4.78 is 5.62. The molecule has 2 nitrogen and oxygen atoms in total. The highest BCUT2D eigenvalue weighted by Crippen LogP contribution is 2.13. The van der Waals surface area contributed by atoms with Crippen molar-refractivity contribution in [2.75, 3.05) is 13.2 Å². The van der Waals surface area contributed by atoms with Crippen LogP contribution in [0, 0.1) is 17.8 Å². The normalized spacial score (nSPS) is 11.4. The first-order chi connectivity index (χ1) is 7.76. The van der Waals surface area contributed by atoms with Gasteiger partial charge in [0, 0.05) is 5.56 Å². The fraction of sp³-hybridized carbons (Fsp3) is 0.429. The molecule has 1 rings (SSSR count). The molecule has 86 valence electrons. The molecule has 0 radical (unpaired) electrons. The molecule has 0 aliphatic carbocycles. The van der Waals surface area contributed by atoms with E-state index in [0.29, 0.717) is 5.92 Å². The molecule has 1 aromatic rings. The van der Waals surface area contributed by atoms with Gasteiger partial charge in [0.15, 0.2) is 0 Å². The van der Waals surface area contributed by atoms with Crippen LogP contribution in [0.25, 0.3) is 0 Å². The number of benzene rings is 1. The van der Waals surface area contributed by atoms with E-state index >= 15 is 0 Å². The van der Waals surface area contributed by atoms with Crippen molar-refractivity contribution < 1.29 is 9.84 Å².